The van der Waals surface area contributed by atoms with Crippen molar-refractivity contribution in [2.45, 2.75) is 13.2 Å². The van der Waals surface area contributed by atoms with E-state index in [2.05, 4.69) is 20.4 Å². The van der Waals surface area contributed by atoms with Crippen LogP contribution >= 0.6 is 11.6 Å². The highest BCUT2D eigenvalue weighted by Gasteiger charge is 2.30. The van der Waals surface area contributed by atoms with Crippen molar-refractivity contribution >= 4 is 23.4 Å². The van der Waals surface area contributed by atoms with Crippen molar-refractivity contribution in [3.8, 4) is 5.69 Å². The van der Waals surface area contributed by atoms with E-state index in [1.54, 1.807) is 61.5 Å². The number of halogens is 1. The van der Waals surface area contributed by atoms with E-state index in [4.69, 9.17) is 16.3 Å². The molecule has 1 atom stereocenters. The average molecular weight is 423 g/mol. The van der Waals surface area contributed by atoms with Crippen molar-refractivity contribution in [1.29, 1.82) is 0 Å². The van der Waals surface area contributed by atoms with Gasteiger partial charge in [0.2, 0.25) is 5.78 Å². The predicted octanol–water partition coefficient (Wildman–Crippen LogP) is 3.06. The van der Waals surface area contributed by atoms with Gasteiger partial charge in [-0.1, -0.05) is 59.3 Å². The Balaban J connectivity index is 1.64. The van der Waals surface area contributed by atoms with E-state index in [1.807, 2.05) is 0 Å². The van der Waals surface area contributed by atoms with Crippen LogP contribution in [0.3, 0.4) is 0 Å². The number of hydrogen-bond acceptors (Lipinski definition) is 7. The highest BCUT2D eigenvalue weighted by atomic mass is 35.5. The zero-order valence-electron chi connectivity index (χ0n) is 15.7. The number of carbonyl (C=O) groups is 2. The zero-order valence-corrected chi connectivity index (χ0v) is 16.5. The first-order chi connectivity index (χ1) is 14.6. The molecule has 10 heteroatoms. The van der Waals surface area contributed by atoms with Crippen LogP contribution in [0.2, 0.25) is 5.02 Å². The van der Waals surface area contributed by atoms with Gasteiger partial charge < -0.3 is 4.74 Å². The van der Waals surface area contributed by atoms with Crippen LogP contribution in [0, 0.1) is 6.92 Å². The van der Waals surface area contributed by atoms with Gasteiger partial charge in [-0.3, -0.25) is 4.79 Å². The molecule has 9 nitrogen and oxygen atoms in total. The molecule has 2 aromatic heterocycles. The Kier molecular flexibility index (Phi) is 5.36. The fourth-order valence-corrected chi connectivity index (χ4v) is 3.05. The summed E-state index contributed by atoms with van der Waals surface area (Å²) in [5, 5.41) is 12.3. The Morgan fingerprint density at radius 3 is 2.50 bits per heavy atom. The van der Waals surface area contributed by atoms with E-state index >= 15 is 0 Å². The summed E-state index contributed by atoms with van der Waals surface area (Å²) in [6, 6.07) is 15.5. The van der Waals surface area contributed by atoms with E-state index in [1.165, 1.54) is 22.0 Å². The Labute approximate surface area is 175 Å². The molecular formula is C20H15ClN6O3. The van der Waals surface area contributed by atoms with Gasteiger partial charge in [-0.2, -0.15) is 5.10 Å². The van der Waals surface area contributed by atoms with Gasteiger partial charge >= 0.3 is 5.97 Å². The first-order valence-electron chi connectivity index (χ1n) is 8.88. The van der Waals surface area contributed by atoms with Crippen LogP contribution < -0.4 is 0 Å². The van der Waals surface area contributed by atoms with Gasteiger partial charge in [0.25, 0.3) is 6.23 Å². The highest BCUT2D eigenvalue weighted by molar-refractivity contribution is 6.32. The maximum Gasteiger partial charge on any atom is 0.363 e. The molecule has 150 valence electrons. The molecule has 0 amide bonds. The average Bonchev–Trinajstić information content (AvgIpc) is 3.43. The van der Waals surface area contributed by atoms with Gasteiger partial charge in [0.1, 0.15) is 12.7 Å². The van der Waals surface area contributed by atoms with E-state index in [-0.39, 0.29) is 5.69 Å². The SMILES string of the molecule is Cc1c(C(=O)O[C@H](C(=O)c2ccccc2)n2cncn2)nnn1-c1ccccc1Cl. The molecule has 0 spiro atoms. The number of rotatable bonds is 6. The summed E-state index contributed by atoms with van der Waals surface area (Å²) in [4.78, 5) is 29.6. The molecule has 4 rings (SSSR count). The Morgan fingerprint density at radius 2 is 1.80 bits per heavy atom. The molecular weight excluding hydrogens is 408 g/mol. The third-order valence-electron chi connectivity index (χ3n) is 4.35. The maximum absolute atomic E-state index is 12.9. The van der Waals surface area contributed by atoms with Crippen LogP contribution in [0.15, 0.2) is 67.3 Å². The molecule has 0 saturated carbocycles. The lowest BCUT2D eigenvalue weighted by molar-refractivity contribution is 0.00738. The molecule has 30 heavy (non-hydrogen) atoms. The third kappa shape index (κ3) is 3.70. The van der Waals surface area contributed by atoms with E-state index < -0.39 is 18.0 Å². The summed E-state index contributed by atoms with van der Waals surface area (Å²) in [6.45, 7) is 1.66. The lowest BCUT2D eigenvalue weighted by Gasteiger charge is -2.16. The second-order valence-corrected chi connectivity index (χ2v) is 6.66. The molecule has 0 N–H and O–H groups in total. The van der Waals surface area contributed by atoms with Crippen molar-refractivity contribution < 1.29 is 14.3 Å². The lowest BCUT2D eigenvalue weighted by Crippen LogP contribution is -2.26. The Morgan fingerprint density at radius 1 is 1.07 bits per heavy atom. The van der Waals surface area contributed by atoms with Gasteiger partial charge in [0, 0.05) is 5.56 Å². The van der Waals surface area contributed by atoms with Crippen molar-refractivity contribution in [3.05, 3.63) is 89.2 Å². The first-order valence-corrected chi connectivity index (χ1v) is 9.25. The second-order valence-electron chi connectivity index (χ2n) is 6.25. The van der Waals surface area contributed by atoms with Crippen LogP contribution in [0.4, 0.5) is 0 Å². The quantitative estimate of drug-likeness (QED) is 0.347. The van der Waals surface area contributed by atoms with E-state index in [0.29, 0.717) is 22.0 Å². The molecule has 0 aliphatic carbocycles. The van der Waals surface area contributed by atoms with Gasteiger partial charge in [-0.25, -0.2) is 19.1 Å². The minimum Gasteiger partial charge on any atom is -0.427 e. The number of hydrogen-bond donors (Lipinski definition) is 0. The second kappa shape index (κ2) is 8.26. The molecule has 2 aromatic carbocycles. The largest absolute Gasteiger partial charge is 0.427 e. The fourth-order valence-electron chi connectivity index (χ4n) is 2.84. The van der Waals surface area contributed by atoms with Gasteiger partial charge in [0.05, 0.1) is 16.4 Å². The molecule has 0 bridgehead atoms. The highest BCUT2D eigenvalue weighted by Crippen LogP contribution is 2.23. The van der Waals surface area contributed by atoms with Crippen LogP contribution in [-0.4, -0.2) is 41.5 Å². The van der Waals surface area contributed by atoms with E-state index in [0.717, 1.165) is 0 Å². The monoisotopic (exact) mass is 422 g/mol. The number of esters is 1. The lowest BCUT2D eigenvalue weighted by atomic mass is 10.1. The normalized spacial score (nSPS) is 11.8. The standard InChI is InChI=1S/C20H15ClN6O3/c1-13-17(24-25-27(13)16-10-6-5-9-15(16)21)20(29)30-19(26-12-22-11-23-26)18(28)14-7-3-2-4-8-14/h2-12,19H,1H3/t19-/m1/s1. The summed E-state index contributed by atoms with van der Waals surface area (Å²) >= 11 is 6.21. The number of carbonyl (C=O) groups excluding carboxylic acids is 2. The van der Waals surface area contributed by atoms with Crippen molar-refractivity contribution in [2.75, 3.05) is 0 Å². The molecule has 0 fully saturated rings. The number of nitrogens with zero attached hydrogens (tertiary/aromatic N) is 6. The first kappa shape index (κ1) is 19.5. The third-order valence-corrected chi connectivity index (χ3v) is 4.67. The van der Waals surface area contributed by atoms with Crippen LogP contribution in [0.1, 0.15) is 32.8 Å². The number of para-hydroxylation sites is 1. The topological polar surface area (TPSA) is 105 Å². The fraction of sp³-hybridized carbons (Fsp3) is 0.100. The van der Waals surface area contributed by atoms with Gasteiger partial charge in [-0.05, 0) is 19.1 Å². The van der Waals surface area contributed by atoms with Gasteiger partial charge in [0.15, 0.2) is 5.69 Å². The smallest absolute Gasteiger partial charge is 0.363 e. The molecule has 4 aromatic rings. The van der Waals surface area contributed by atoms with Crippen LogP contribution in [0.25, 0.3) is 5.69 Å². The van der Waals surface area contributed by atoms with Crippen LogP contribution in [-0.2, 0) is 4.74 Å². The van der Waals surface area contributed by atoms with Crippen molar-refractivity contribution in [1.82, 2.24) is 29.8 Å². The Hall–Kier alpha value is -3.85. The van der Waals surface area contributed by atoms with Crippen LogP contribution in [0.5, 0.6) is 0 Å². The van der Waals surface area contributed by atoms with E-state index in [9.17, 15) is 9.59 Å². The molecule has 0 saturated heterocycles. The molecule has 0 unspecified atom stereocenters. The number of benzene rings is 2. The minimum absolute atomic E-state index is 0.0408. The number of Topliss-reactive ketones (excluding diaryl/α,β-unsaturated/α-hetero) is 1. The summed E-state index contributed by atoms with van der Waals surface area (Å²) < 4.78 is 8.08. The number of ether oxygens (including phenoxy) is 1. The minimum atomic E-state index is -1.34. The zero-order chi connectivity index (χ0) is 21.1. The van der Waals surface area contributed by atoms with Crippen molar-refractivity contribution in [3.63, 3.8) is 0 Å². The summed E-state index contributed by atoms with van der Waals surface area (Å²) in [6.07, 6.45) is 1.21. The van der Waals surface area contributed by atoms with Gasteiger partial charge in [-0.15, -0.1) is 5.10 Å². The van der Waals surface area contributed by atoms with Crippen molar-refractivity contribution in [2.24, 2.45) is 0 Å². The summed E-state index contributed by atoms with van der Waals surface area (Å²) in [7, 11) is 0. The maximum atomic E-state index is 12.9. The molecule has 0 radical (unpaired) electrons. The summed E-state index contributed by atoms with van der Waals surface area (Å²) in [5.41, 5.74) is 1.30. The molecule has 0 aliphatic rings. The number of ketones is 1. The molecule has 0 aliphatic heterocycles. The Bertz CT molecular complexity index is 1190. The number of aromatic nitrogens is 6. The molecule has 2 heterocycles. The predicted molar refractivity (Wildman–Crippen MR) is 106 cm³/mol. The summed E-state index contributed by atoms with van der Waals surface area (Å²) in [5.74, 6) is -1.28.